The summed E-state index contributed by atoms with van der Waals surface area (Å²) in [6.07, 6.45) is 2.30. The molecule has 3 rings (SSSR count). The van der Waals surface area contributed by atoms with Crippen molar-refractivity contribution in [1.29, 1.82) is 0 Å². The van der Waals surface area contributed by atoms with Crippen LogP contribution in [0.15, 0.2) is 34.9 Å². The number of benzene rings is 1. The molecule has 1 aromatic heterocycles. The monoisotopic (exact) mass is 406 g/mol. The van der Waals surface area contributed by atoms with Crippen LogP contribution in [0.2, 0.25) is 5.02 Å². The third-order valence-corrected chi connectivity index (χ3v) is 4.79. The minimum atomic E-state index is -0.167. The first-order chi connectivity index (χ1) is 13.5. The molecular weight excluding hydrogens is 384 g/mol. The van der Waals surface area contributed by atoms with Crippen molar-refractivity contribution in [2.75, 3.05) is 39.9 Å². The third-order valence-electron chi connectivity index (χ3n) is 4.51. The number of hydrogen-bond acceptors (Lipinski definition) is 5. The van der Waals surface area contributed by atoms with Crippen LogP contribution < -0.4 is 9.47 Å². The fourth-order valence-corrected chi connectivity index (χ4v) is 3.30. The SMILES string of the molecule is CCCOc1c(Cl)cc(C(=O)N2CCN(C(=O)c3ccco3)CC2)cc1OC. The number of carbonyl (C=O) groups is 2. The molecule has 0 N–H and O–H groups in total. The zero-order valence-electron chi connectivity index (χ0n) is 15.9. The van der Waals surface area contributed by atoms with Gasteiger partial charge in [-0.2, -0.15) is 0 Å². The van der Waals surface area contributed by atoms with E-state index in [4.69, 9.17) is 25.5 Å². The smallest absolute Gasteiger partial charge is 0.289 e. The van der Waals surface area contributed by atoms with Gasteiger partial charge in [0.05, 0.1) is 25.0 Å². The summed E-state index contributed by atoms with van der Waals surface area (Å²) >= 11 is 6.31. The normalized spacial score (nSPS) is 14.1. The summed E-state index contributed by atoms with van der Waals surface area (Å²) in [4.78, 5) is 28.6. The van der Waals surface area contributed by atoms with Gasteiger partial charge in [0.2, 0.25) is 0 Å². The summed E-state index contributed by atoms with van der Waals surface area (Å²) in [5.41, 5.74) is 0.427. The highest BCUT2D eigenvalue weighted by molar-refractivity contribution is 6.32. The van der Waals surface area contributed by atoms with Gasteiger partial charge in [0, 0.05) is 31.7 Å². The molecule has 0 unspecified atom stereocenters. The maximum Gasteiger partial charge on any atom is 0.289 e. The van der Waals surface area contributed by atoms with E-state index in [9.17, 15) is 9.59 Å². The molecule has 1 aliphatic heterocycles. The molecule has 0 bridgehead atoms. The zero-order chi connectivity index (χ0) is 20.1. The molecule has 0 saturated carbocycles. The van der Waals surface area contributed by atoms with Crippen molar-refractivity contribution in [3.63, 3.8) is 0 Å². The average molecular weight is 407 g/mol. The van der Waals surface area contributed by atoms with Gasteiger partial charge < -0.3 is 23.7 Å². The van der Waals surface area contributed by atoms with Crippen molar-refractivity contribution >= 4 is 23.4 Å². The lowest BCUT2D eigenvalue weighted by atomic mass is 10.1. The fourth-order valence-electron chi connectivity index (χ4n) is 3.04. The lowest BCUT2D eigenvalue weighted by Crippen LogP contribution is -2.50. The number of ether oxygens (including phenoxy) is 2. The second kappa shape index (κ2) is 9.01. The van der Waals surface area contributed by atoms with E-state index in [1.165, 1.54) is 13.4 Å². The van der Waals surface area contributed by atoms with E-state index in [-0.39, 0.29) is 11.8 Å². The van der Waals surface area contributed by atoms with Crippen LogP contribution >= 0.6 is 11.6 Å². The third kappa shape index (κ3) is 4.25. The van der Waals surface area contributed by atoms with Crippen molar-refractivity contribution in [3.8, 4) is 11.5 Å². The van der Waals surface area contributed by atoms with Crippen LogP contribution in [0.5, 0.6) is 11.5 Å². The number of rotatable bonds is 6. The summed E-state index contributed by atoms with van der Waals surface area (Å²) in [5, 5.41) is 0.336. The zero-order valence-corrected chi connectivity index (χ0v) is 16.7. The number of amides is 2. The van der Waals surface area contributed by atoms with E-state index in [0.29, 0.717) is 60.6 Å². The minimum absolute atomic E-state index is 0.160. The maximum absolute atomic E-state index is 12.9. The molecule has 1 aliphatic rings. The summed E-state index contributed by atoms with van der Waals surface area (Å²) in [6.45, 7) is 4.24. The van der Waals surface area contributed by atoms with Crippen LogP contribution in [0.4, 0.5) is 0 Å². The molecule has 7 nitrogen and oxygen atoms in total. The Hall–Kier alpha value is -2.67. The van der Waals surface area contributed by atoms with Crippen LogP contribution in [-0.4, -0.2) is 61.5 Å². The molecule has 2 heterocycles. The molecule has 0 aliphatic carbocycles. The van der Waals surface area contributed by atoms with Crippen molar-refractivity contribution in [3.05, 3.63) is 46.9 Å². The Labute approximate surface area is 168 Å². The van der Waals surface area contributed by atoms with E-state index in [0.717, 1.165) is 6.42 Å². The van der Waals surface area contributed by atoms with E-state index < -0.39 is 0 Å². The second-order valence-electron chi connectivity index (χ2n) is 6.40. The van der Waals surface area contributed by atoms with Gasteiger partial charge in [-0.1, -0.05) is 18.5 Å². The number of nitrogens with zero attached hydrogens (tertiary/aromatic N) is 2. The summed E-state index contributed by atoms with van der Waals surface area (Å²) in [7, 11) is 1.51. The molecule has 1 fully saturated rings. The number of furan rings is 1. The first-order valence-electron chi connectivity index (χ1n) is 9.17. The number of methoxy groups -OCH3 is 1. The van der Waals surface area contributed by atoms with Crippen LogP contribution in [0.1, 0.15) is 34.3 Å². The van der Waals surface area contributed by atoms with Crippen molar-refractivity contribution < 1.29 is 23.5 Å². The quantitative estimate of drug-likeness (QED) is 0.735. The Morgan fingerprint density at radius 2 is 1.82 bits per heavy atom. The number of halogens is 1. The Morgan fingerprint density at radius 1 is 1.14 bits per heavy atom. The minimum Gasteiger partial charge on any atom is -0.493 e. The Kier molecular flexibility index (Phi) is 6.46. The molecule has 0 radical (unpaired) electrons. The van der Waals surface area contributed by atoms with E-state index in [1.807, 2.05) is 6.92 Å². The van der Waals surface area contributed by atoms with Gasteiger partial charge >= 0.3 is 0 Å². The largest absolute Gasteiger partial charge is 0.493 e. The molecule has 1 saturated heterocycles. The van der Waals surface area contributed by atoms with Gasteiger partial charge in [-0.3, -0.25) is 9.59 Å². The fraction of sp³-hybridized carbons (Fsp3) is 0.400. The van der Waals surface area contributed by atoms with Gasteiger partial charge in [0.1, 0.15) is 0 Å². The highest BCUT2D eigenvalue weighted by Crippen LogP contribution is 2.37. The Bertz CT molecular complexity index is 829. The molecule has 0 atom stereocenters. The molecule has 2 amide bonds. The van der Waals surface area contributed by atoms with E-state index in [2.05, 4.69) is 0 Å². The van der Waals surface area contributed by atoms with E-state index in [1.54, 1.807) is 34.1 Å². The highest BCUT2D eigenvalue weighted by Gasteiger charge is 2.27. The van der Waals surface area contributed by atoms with Crippen molar-refractivity contribution in [2.45, 2.75) is 13.3 Å². The number of hydrogen-bond donors (Lipinski definition) is 0. The first kappa shape index (κ1) is 20.1. The Balaban J connectivity index is 1.68. The van der Waals surface area contributed by atoms with Crippen LogP contribution in [0.25, 0.3) is 0 Å². The molecule has 28 heavy (non-hydrogen) atoms. The summed E-state index contributed by atoms with van der Waals surface area (Å²) in [6, 6.07) is 6.55. The number of piperazine rings is 1. The van der Waals surface area contributed by atoms with Crippen LogP contribution in [0.3, 0.4) is 0 Å². The molecule has 1 aromatic carbocycles. The second-order valence-corrected chi connectivity index (χ2v) is 6.81. The van der Waals surface area contributed by atoms with Crippen molar-refractivity contribution in [1.82, 2.24) is 9.80 Å². The van der Waals surface area contributed by atoms with Gasteiger partial charge in [0.25, 0.3) is 11.8 Å². The molecule has 0 spiro atoms. The standard InChI is InChI=1S/C20H23ClN2O5/c1-3-10-28-18-15(21)12-14(13-17(18)26-2)19(24)22-6-8-23(9-7-22)20(25)16-5-4-11-27-16/h4-5,11-13H,3,6-10H2,1-2H3. The average Bonchev–Trinajstić information content (AvgIpc) is 3.26. The predicted octanol–water partition coefficient (Wildman–Crippen LogP) is 3.33. The van der Waals surface area contributed by atoms with Gasteiger partial charge in [0.15, 0.2) is 17.3 Å². The molecule has 150 valence electrons. The van der Waals surface area contributed by atoms with Crippen LogP contribution in [-0.2, 0) is 0 Å². The first-order valence-corrected chi connectivity index (χ1v) is 9.55. The summed E-state index contributed by atoms with van der Waals surface area (Å²) in [5.74, 6) is 0.845. The lowest BCUT2D eigenvalue weighted by Gasteiger charge is -2.34. The molecule has 8 heteroatoms. The molecule has 2 aromatic rings. The highest BCUT2D eigenvalue weighted by atomic mass is 35.5. The Morgan fingerprint density at radius 3 is 2.39 bits per heavy atom. The lowest BCUT2D eigenvalue weighted by molar-refractivity contribution is 0.0518. The van der Waals surface area contributed by atoms with Gasteiger partial charge in [-0.15, -0.1) is 0 Å². The maximum atomic E-state index is 12.9. The predicted molar refractivity (Wildman–Crippen MR) is 104 cm³/mol. The topological polar surface area (TPSA) is 72.2 Å². The van der Waals surface area contributed by atoms with Gasteiger partial charge in [-0.25, -0.2) is 0 Å². The van der Waals surface area contributed by atoms with Crippen molar-refractivity contribution in [2.24, 2.45) is 0 Å². The van der Waals surface area contributed by atoms with E-state index >= 15 is 0 Å². The number of carbonyl (C=O) groups excluding carboxylic acids is 2. The summed E-state index contributed by atoms with van der Waals surface area (Å²) < 4.78 is 16.1. The van der Waals surface area contributed by atoms with Crippen LogP contribution in [0, 0.1) is 0 Å². The van der Waals surface area contributed by atoms with Gasteiger partial charge in [-0.05, 0) is 30.7 Å². The molecular formula is C20H23ClN2O5.